The van der Waals surface area contributed by atoms with Crippen LogP contribution < -0.4 is 59.7 Å². The molecule has 0 unspecified atom stereocenters. The summed E-state index contributed by atoms with van der Waals surface area (Å²) in [5.41, 5.74) is 15.9. The van der Waals surface area contributed by atoms with Crippen molar-refractivity contribution in [2.45, 2.75) is 212 Å². The summed E-state index contributed by atoms with van der Waals surface area (Å²) in [5.74, 6) is -11.8. The molecule has 1 saturated heterocycles. The summed E-state index contributed by atoms with van der Waals surface area (Å²) in [7, 11) is 1.11. The largest absolute Gasteiger partial charge is 0.458 e. The van der Waals surface area contributed by atoms with E-state index in [1.807, 2.05) is 0 Å². The number of aliphatic hydroxyl groups excluding tert-OH is 3. The number of allylic oxidation sites excluding steroid dienone is 1. The van der Waals surface area contributed by atoms with E-state index in [1.165, 1.54) is 39.2 Å². The zero-order valence-electron chi connectivity index (χ0n) is 47.7. The fourth-order valence-corrected chi connectivity index (χ4v) is 8.41. The minimum Gasteiger partial charge on any atom is -0.458 e. The molecule has 454 valence electrons. The highest BCUT2D eigenvalue weighted by molar-refractivity contribution is 6.01. The third-order valence-electron chi connectivity index (χ3n) is 12.9. The number of aliphatic hydroxyl groups is 3. The molecule has 1 aliphatic heterocycles. The maximum Gasteiger partial charge on any atom is 0.328 e. The Hall–Kier alpha value is -6.94. The lowest BCUT2D eigenvalue weighted by molar-refractivity contribution is -0.157. The van der Waals surface area contributed by atoms with Crippen LogP contribution in [0.1, 0.15) is 151 Å². The van der Waals surface area contributed by atoms with E-state index in [0.717, 1.165) is 57.9 Å². The Kier molecular flexibility index (Phi) is 33.6. The molecular formula is C52H91N13O15. The number of nitrogens with two attached hydrogens (primary N) is 3. The van der Waals surface area contributed by atoms with Crippen LogP contribution in [-0.2, 0) is 57.5 Å². The standard InChI is InChI=1S/C52H91N13O15/c1-9-11-12-13-14-15-16-17-18-20-33(68)26-39(70)59-34(10-2)47(75)64-43-32(7)80-51(79)36(21-19-24-56-52(54)55)61-50(78)44(31(6)67)65(8)41(72)28-58-45(73)35(22-23-38(53)69)60-40(71)27-57-46(74)37(25-29(3)4)62-48(76)42(30(5)66)63-49(43)77/h10,29-33,35-37,42-44,66-68H,9,11-28H2,1-8H3,(H2,53,69)(H,57,74)(H,58,73)(H,59,70)(H,60,71)(H,61,78)(H,62,76)(H,63,77)(H,64,75)(H4,54,55,56)/b34-10-/t30-,31+,32-,33-,35-,36+,37-,42-,43+,44+/m1/s1. The maximum absolute atomic E-state index is 14.5. The van der Waals surface area contributed by atoms with Gasteiger partial charge in [-0.05, 0) is 65.7 Å². The van der Waals surface area contributed by atoms with Crippen molar-refractivity contribution in [1.82, 2.24) is 47.4 Å². The average Bonchev–Trinajstić information content (AvgIpc) is 3.37. The van der Waals surface area contributed by atoms with Crippen LogP contribution in [0.3, 0.4) is 0 Å². The second-order valence-electron chi connectivity index (χ2n) is 20.5. The van der Waals surface area contributed by atoms with Crippen LogP contribution in [0.25, 0.3) is 0 Å². The predicted molar refractivity (Wildman–Crippen MR) is 293 cm³/mol. The molecule has 0 aromatic heterocycles. The molecule has 17 N–H and O–H groups in total. The molecule has 10 atom stereocenters. The van der Waals surface area contributed by atoms with E-state index >= 15 is 0 Å². The van der Waals surface area contributed by atoms with Crippen molar-refractivity contribution < 1.29 is 72.8 Å². The minimum atomic E-state index is -1.97. The van der Waals surface area contributed by atoms with Gasteiger partial charge in [-0.3, -0.25) is 52.9 Å². The Balaban J connectivity index is 3.82. The number of guanidine groups is 1. The number of nitrogens with zero attached hydrogens (tertiary/aromatic N) is 2. The van der Waals surface area contributed by atoms with Gasteiger partial charge in [0.05, 0.1) is 37.8 Å². The number of unbranched alkanes of at least 4 members (excludes halogenated alkanes) is 8. The second kappa shape index (κ2) is 37.8. The van der Waals surface area contributed by atoms with Crippen molar-refractivity contribution in [3.8, 4) is 0 Å². The van der Waals surface area contributed by atoms with Crippen molar-refractivity contribution in [1.29, 1.82) is 0 Å². The molecule has 0 radical (unpaired) electrons. The van der Waals surface area contributed by atoms with Crippen LogP contribution in [-0.4, -0.2) is 179 Å². The summed E-state index contributed by atoms with van der Waals surface area (Å²) < 4.78 is 5.74. The number of ether oxygens (including phenoxy) is 1. The van der Waals surface area contributed by atoms with Crippen molar-refractivity contribution in [3.05, 3.63) is 11.8 Å². The van der Waals surface area contributed by atoms with Gasteiger partial charge in [-0.1, -0.05) is 84.6 Å². The molecular weight excluding hydrogens is 1050 g/mol. The van der Waals surface area contributed by atoms with E-state index in [1.54, 1.807) is 13.8 Å². The SMILES string of the molecule is C/C=C(\NC(=O)C[C@H](O)CCCCCCCCCCC)C(=O)N[C@@H]1C(=O)N[C@H]([C@@H](C)O)C(=O)N[C@H](CC(C)C)C(=O)NCC(=O)N[C@H](CCC(N)=O)C(=O)NCC(=O)N(C)[C@@H]([C@H](C)O)C(=O)N[C@@H](CCCN=C(N)N)C(=O)O[C@@H]1C. The number of carbonyl (C=O) groups is 11. The summed E-state index contributed by atoms with van der Waals surface area (Å²) in [6, 6.07) is -10.2. The van der Waals surface area contributed by atoms with Crippen LogP contribution in [0.2, 0.25) is 0 Å². The Bertz CT molecular complexity index is 2140. The van der Waals surface area contributed by atoms with Gasteiger partial charge < -0.3 is 84.7 Å². The van der Waals surface area contributed by atoms with E-state index in [4.69, 9.17) is 21.9 Å². The van der Waals surface area contributed by atoms with E-state index in [-0.39, 0.29) is 50.5 Å². The van der Waals surface area contributed by atoms with Crippen LogP contribution in [0.4, 0.5) is 0 Å². The first kappa shape index (κ1) is 71.1. The minimum absolute atomic E-state index is 0.000166. The Labute approximate surface area is 468 Å². The maximum atomic E-state index is 14.5. The summed E-state index contributed by atoms with van der Waals surface area (Å²) in [4.78, 5) is 154. The first-order chi connectivity index (χ1) is 37.6. The summed E-state index contributed by atoms with van der Waals surface area (Å²) in [5, 5.41) is 51.5. The molecule has 10 amide bonds. The molecule has 1 heterocycles. The zero-order chi connectivity index (χ0) is 60.6. The van der Waals surface area contributed by atoms with Gasteiger partial charge in [-0.2, -0.15) is 0 Å². The first-order valence-electron chi connectivity index (χ1n) is 27.5. The zero-order valence-corrected chi connectivity index (χ0v) is 47.7. The summed E-state index contributed by atoms with van der Waals surface area (Å²) >= 11 is 0. The van der Waals surface area contributed by atoms with Gasteiger partial charge in [0.2, 0.25) is 53.2 Å². The molecule has 1 aliphatic rings. The second-order valence-corrected chi connectivity index (χ2v) is 20.5. The van der Waals surface area contributed by atoms with E-state index in [0.29, 0.717) is 12.8 Å². The lowest BCUT2D eigenvalue weighted by Gasteiger charge is -2.32. The first-order valence-corrected chi connectivity index (χ1v) is 27.5. The molecule has 0 saturated carbocycles. The Morgan fingerprint density at radius 2 is 1.32 bits per heavy atom. The quantitative estimate of drug-likeness (QED) is 0.0137. The molecule has 0 aromatic carbocycles. The molecule has 0 spiro atoms. The highest BCUT2D eigenvalue weighted by atomic mass is 16.5. The van der Waals surface area contributed by atoms with Crippen LogP contribution in [0.5, 0.6) is 0 Å². The molecule has 1 rings (SSSR count). The predicted octanol–water partition coefficient (Wildman–Crippen LogP) is -2.77. The molecule has 0 aliphatic carbocycles. The highest BCUT2D eigenvalue weighted by Gasteiger charge is 2.39. The van der Waals surface area contributed by atoms with Gasteiger partial charge in [0, 0.05) is 20.0 Å². The molecule has 80 heavy (non-hydrogen) atoms. The number of nitrogens with one attached hydrogen (secondary N) is 8. The number of esters is 1. The van der Waals surface area contributed by atoms with Crippen LogP contribution in [0, 0.1) is 5.92 Å². The van der Waals surface area contributed by atoms with Gasteiger partial charge in [0.25, 0.3) is 5.91 Å². The normalized spacial score (nSPS) is 23.0. The number of primary amides is 1. The topological polar surface area (TPSA) is 448 Å². The highest BCUT2D eigenvalue weighted by Crippen LogP contribution is 2.15. The van der Waals surface area contributed by atoms with Crippen molar-refractivity contribution in [2.75, 3.05) is 26.7 Å². The van der Waals surface area contributed by atoms with Gasteiger partial charge in [0.15, 0.2) is 5.96 Å². The van der Waals surface area contributed by atoms with Crippen molar-refractivity contribution in [2.24, 2.45) is 28.1 Å². The van der Waals surface area contributed by atoms with Gasteiger partial charge in [-0.25, -0.2) is 4.79 Å². The van der Waals surface area contributed by atoms with Crippen LogP contribution in [0.15, 0.2) is 16.8 Å². The monoisotopic (exact) mass is 1140 g/mol. The van der Waals surface area contributed by atoms with E-state index in [2.05, 4.69) is 54.5 Å². The van der Waals surface area contributed by atoms with Crippen molar-refractivity contribution in [3.63, 3.8) is 0 Å². The summed E-state index contributed by atoms with van der Waals surface area (Å²) in [6.07, 6.45) is 3.42. The van der Waals surface area contributed by atoms with Gasteiger partial charge in [0.1, 0.15) is 48.1 Å². The lowest BCUT2D eigenvalue weighted by atomic mass is 10.0. The number of amides is 10. The third kappa shape index (κ3) is 27.8. The lowest BCUT2D eigenvalue weighted by Crippen LogP contribution is -2.62. The Morgan fingerprint density at radius 1 is 0.738 bits per heavy atom. The fraction of sp³-hybridized carbons (Fsp3) is 0.731. The number of rotatable bonds is 26. The fourth-order valence-electron chi connectivity index (χ4n) is 8.41. The molecule has 1 fully saturated rings. The number of likely N-dealkylation sites (N-methyl/N-ethyl adjacent to an activating group) is 1. The van der Waals surface area contributed by atoms with Crippen LogP contribution >= 0.6 is 0 Å². The third-order valence-corrected chi connectivity index (χ3v) is 12.9. The number of cyclic esters (lactones) is 1. The average molecular weight is 1140 g/mol. The smallest absolute Gasteiger partial charge is 0.328 e. The molecule has 28 heteroatoms. The van der Waals surface area contributed by atoms with E-state index in [9.17, 15) is 68.1 Å². The molecule has 0 aromatic rings. The van der Waals surface area contributed by atoms with Gasteiger partial charge in [-0.15, -0.1) is 0 Å². The summed E-state index contributed by atoms with van der Waals surface area (Å²) in [6.45, 7) is 8.74. The Morgan fingerprint density at radius 3 is 1.89 bits per heavy atom. The van der Waals surface area contributed by atoms with E-state index < -0.39 is 151 Å². The number of carbonyl (C=O) groups excluding carboxylic acids is 11. The number of hydrogen-bond donors (Lipinski definition) is 14. The number of hydrogen-bond acceptors (Lipinski definition) is 16. The van der Waals surface area contributed by atoms with Crippen molar-refractivity contribution >= 4 is 71.0 Å². The number of aliphatic imine (C=N–C) groups is 1. The van der Waals surface area contributed by atoms with Gasteiger partial charge >= 0.3 is 5.97 Å². The molecule has 28 nitrogen and oxygen atoms in total. The molecule has 0 bridgehead atoms.